The highest BCUT2D eigenvalue weighted by Crippen LogP contribution is 2.24. The average Bonchev–Trinajstić information content (AvgIpc) is 2.98. The number of amides is 2. The quantitative estimate of drug-likeness (QED) is 0.875. The van der Waals surface area contributed by atoms with Gasteiger partial charge in [0.2, 0.25) is 5.91 Å². The highest BCUT2D eigenvalue weighted by molar-refractivity contribution is 8.14. The van der Waals surface area contributed by atoms with Crippen LogP contribution in [0.25, 0.3) is 0 Å². The van der Waals surface area contributed by atoms with E-state index in [-0.39, 0.29) is 23.2 Å². The van der Waals surface area contributed by atoms with Crippen molar-refractivity contribution in [2.75, 3.05) is 18.8 Å². The highest BCUT2D eigenvalue weighted by Gasteiger charge is 2.36. The third-order valence-electron chi connectivity index (χ3n) is 4.87. The number of rotatable bonds is 4. The number of hydrogen-bond donors (Lipinski definition) is 2. The standard InChI is InChI=1S/C18H25N3O2S/c1-12-8-21(10-14-6-4-3-5-7-14)9-13(2)16(12)20-17(22)15-11-24-18(23)19-15/h3-7,12-13,15-16H,8-11H2,1-2H3,(H,19,23)(H,20,22)/t12-,13-,15+/m1/s1. The van der Waals surface area contributed by atoms with Crippen LogP contribution in [0.5, 0.6) is 0 Å². The molecule has 0 spiro atoms. The summed E-state index contributed by atoms with van der Waals surface area (Å²) < 4.78 is 0. The average molecular weight is 347 g/mol. The Morgan fingerprint density at radius 3 is 2.50 bits per heavy atom. The minimum atomic E-state index is -0.385. The number of benzene rings is 1. The molecule has 5 nitrogen and oxygen atoms in total. The molecule has 0 radical (unpaired) electrons. The summed E-state index contributed by atoms with van der Waals surface area (Å²) in [6, 6.07) is 10.3. The van der Waals surface area contributed by atoms with Crippen molar-refractivity contribution in [3.8, 4) is 0 Å². The number of nitrogens with one attached hydrogen (secondary N) is 2. The van der Waals surface area contributed by atoms with Gasteiger partial charge < -0.3 is 10.6 Å². The van der Waals surface area contributed by atoms with E-state index in [2.05, 4.69) is 53.6 Å². The zero-order valence-electron chi connectivity index (χ0n) is 14.2. The maximum atomic E-state index is 12.4. The van der Waals surface area contributed by atoms with Gasteiger partial charge in [-0.15, -0.1) is 0 Å². The van der Waals surface area contributed by atoms with Gasteiger partial charge in [-0.05, 0) is 17.4 Å². The summed E-state index contributed by atoms with van der Waals surface area (Å²) in [5, 5.41) is 5.78. The minimum absolute atomic E-state index is 0.0476. The molecule has 2 aliphatic heterocycles. The van der Waals surface area contributed by atoms with Gasteiger partial charge in [0.15, 0.2) is 0 Å². The first-order valence-corrected chi connectivity index (χ1v) is 9.51. The molecule has 2 fully saturated rings. The fourth-order valence-electron chi connectivity index (χ4n) is 3.72. The van der Waals surface area contributed by atoms with E-state index < -0.39 is 0 Å². The van der Waals surface area contributed by atoms with Crippen LogP contribution in [0, 0.1) is 11.8 Å². The summed E-state index contributed by atoms with van der Waals surface area (Å²) in [4.78, 5) is 26.1. The molecule has 130 valence electrons. The molecule has 1 aromatic rings. The summed E-state index contributed by atoms with van der Waals surface area (Å²) in [6.45, 7) is 7.28. The zero-order chi connectivity index (χ0) is 17.1. The number of piperidine rings is 1. The Hall–Kier alpha value is -1.53. The first kappa shape index (κ1) is 17.3. The van der Waals surface area contributed by atoms with Crippen molar-refractivity contribution in [3.05, 3.63) is 35.9 Å². The molecule has 2 N–H and O–H groups in total. The van der Waals surface area contributed by atoms with Crippen LogP contribution < -0.4 is 10.6 Å². The molecule has 0 bridgehead atoms. The second-order valence-corrected chi connectivity index (χ2v) is 7.96. The van der Waals surface area contributed by atoms with Crippen molar-refractivity contribution in [3.63, 3.8) is 0 Å². The van der Waals surface area contributed by atoms with E-state index in [0.717, 1.165) is 19.6 Å². The largest absolute Gasteiger partial charge is 0.351 e. The third-order valence-corrected chi connectivity index (χ3v) is 5.75. The van der Waals surface area contributed by atoms with Gasteiger partial charge in [-0.3, -0.25) is 14.5 Å². The van der Waals surface area contributed by atoms with E-state index >= 15 is 0 Å². The lowest BCUT2D eigenvalue weighted by atomic mass is 9.85. The van der Waals surface area contributed by atoms with Crippen molar-refractivity contribution in [1.29, 1.82) is 0 Å². The summed E-state index contributed by atoms with van der Waals surface area (Å²) in [5.74, 6) is 1.24. The monoisotopic (exact) mass is 347 g/mol. The summed E-state index contributed by atoms with van der Waals surface area (Å²) in [7, 11) is 0. The summed E-state index contributed by atoms with van der Waals surface area (Å²) in [5.41, 5.74) is 1.32. The predicted molar refractivity (Wildman–Crippen MR) is 96.8 cm³/mol. The number of hydrogen-bond acceptors (Lipinski definition) is 4. The van der Waals surface area contributed by atoms with Crippen LogP contribution in [0.15, 0.2) is 30.3 Å². The Morgan fingerprint density at radius 2 is 1.92 bits per heavy atom. The van der Waals surface area contributed by atoms with Crippen LogP contribution in [-0.2, 0) is 11.3 Å². The molecule has 2 heterocycles. The smallest absolute Gasteiger partial charge is 0.279 e. The van der Waals surface area contributed by atoms with E-state index in [1.54, 1.807) is 0 Å². The van der Waals surface area contributed by atoms with Crippen molar-refractivity contribution in [2.45, 2.75) is 32.5 Å². The fraction of sp³-hybridized carbons (Fsp3) is 0.556. The van der Waals surface area contributed by atoms with Gasteiger partial charge in [-0.25, -0.2) is 0 Å². The van der Waals surface area contributed by atoms with E-state index in [1.807, 2.05) is 6.07 Å². The van der Waals surface area contributed by atoms with Crippen LogP contribution in [0.4, 0.5) is 4.79 Å². The molecule has 1 aromatic carbocycles. The number of thioether (sulfide) groups is 1. The molecule has 2 saturated heterocycles. The molecule has 2 aliphatic rings. The molecule has 24 heavy (non-hydrogen) atoms. The van der Waals surface area contributed by atoms with Gasteiger partial charge >= 0.3 is 0 Å². The number of nitrogens with zero attached hydrogens (tertiary/aromatic N) is 1. The van der Waals surface area contributed by atoms with Gasteiger partial charge in [0.25, 0.3) is 5.24 Å². The van der Waals surface area contributed by atoms with E-state index in [0.29, 0.717) is 17.6 Å². The maximum absolute atomic E-state index is 12.4. The fourth-order valence-corrected chi connectivity index (χ4v) is 4.50. The first-order valence-electron chi connectivity index (χ1n) is 8.53. The van der Waals surface area contributed by atoms with Crippen LogP contribution in [0.3, 0.4) is 0 Å². The third kappa shape index (κ3) is 4.11. The zero-order valence-corrected chi connectivity index (χ0v) is 15.0. The van der Waals surface area contributed by atoms with Crippen LogP contribution in [0.1, 0.15) is 19.4 Å². The lowest BCUT2D eigenvalue weighted by Crippen LogP contribution is -2.57. The predicted octanol–water partition coefficient (Wildman–Crippen LogP) is 2.08. The number of carbonyl (C=O) groups is 2. The lowest BCUT2D eigenvalue weighted by Gasteiger charge is -2.42. The van der Waals surface area contributed by atoms with Crippen LogP contribution >= 0.6 is 11.8 Å². The Balaban J connectivity index is 1.55. The Morgan fingerprint density at radius 1 is 1.25 bits per heavy atom. The molecule has 0 aliphatic carbocycles. The highest BCUT2D eigenvalue weighted by atomic mass is 32.2. The van der Waals surface area contributed by atoms with E-state index in [4.69, 9.17) is 0 Å². The molecule has 6 heteroatoms. The first-order chi connectivity index (χ1) is 11.5. The molecule has 0 saturated carbocycles. The van der Waals surface area contributed by atoms with Crippen molar-refractivity contribution in [2.24, 2.45) is 11.8 Å². The molecule has 3 atom stereocenters. The summed E-state index contributed by atoms with van der Waals surface area (Å²) in [6.07, 6.45) is 0. The summed E-state index contributed by atoms with van der Waals surface area (Å²) >= 11 is 1.18. The molecule has 0 unspecified atom stereocenters. The minimum Gasteiger partial charge on any atom is -0.351 e. The Bertz CT molecular complexity index is 583. The maximum Gasteiger partial charge on any atom is 0.279 e. The van der Waals surface area contributed by atoms with Crippen LogP contribution in [-0.4, -0.2) is 47.0 Å². The lowest BCUT2D eigenvalue weighted by molar-refractivity contribution is -0.124. The van der Waals surface area contributed by atoms with Gasteiger partial charge in [0, 0.05) is 31.4 Å². The van der Waals surface area contributed by atoms with Crippen LogP contribution in [0.2, 0.25) is 0 Å². The van der Waals surface area contributed by atoms with Gasteiger partial charge in [0.1, 0.15) is 6.04 Å². The van der Waals surface area contributed by atoms with E-state index in [9.17, 15) is 9.59 Å². The SMILES string of the molecule is C[C@@H]1CN(Cc2ccccc2)C[C@@H](C)C1NC(=O)[C@@H]1CSC(=O)N1. The van der Waals surface area contributed by atoms with Gasteiger partial charge in [-0.2, -0.15) is 0 Å². The Labute approximate surface area is 147 Å². The second-order valence-electron chi connectivity index (χ2n) is 6.96. The molecule has 2 amide bonds. The van der Waals surface area contributed by atoms with Gasteiger partial charge in [-0.1, -0.05) is 55.9 Å². The second kappa shape index (κ2) is 7.57. The van der Waals surface area contributed by atoms with Crippen molar-refractivity contribution >= 4 is 22.9 Å². The molecule has 0 aromatic heterocycles. The normalized spacial score (nSPS) is 28.6. The van der Waals surface area contributed by atoms with E-state index in [1.165, 1.54) is 17.3 Å². The molecular weight excluding hydrogens is 322 g/mol. The molecular formula is C18H25N3O2S. The van der Waals surface area contributed by atoms with Crippen molar-refractivity contribution in [1.82, 2.24) is 15.5 Å². The van der Waals surface area contributed by atoms with Gasteiger partial charge in [0.05, 0.1) is 0 Å². The van der Waals surface area contributed by atoms with Crippen molar-refractivity contribution < 1.29 is 9.59 Å². The number of carbonyl (C=O) groups excluding carboxylic acids is 2. The number of likely N-dealkylation sites (tertiary alicyclic amines) is 1. The topological polar surface area (TPSA) is 61.4 Å². The Kier molecular flexibility index (Phi) is 5.46. The molecule has 3 rings (SSSR count).